The van der Waals surface area contributed by atoms with E-state index < -0.39 is 29.0 Å². The second-order valence-corrected chi connectivity index (χ2v) is 10.2. The zero-order chi connectivity index (χ0) is 28.2. The Kier molecular flexibility index (Phi) is 6.22. The number of ether oxygens (including phenoxy) is 4. The zero-order valence-electron chi connectivity index (χ0n) is 21.8. The fourth-order valence-corrected chi connectivity index (χ4v) is 5.98. The SMILES string of the molecule is COc1cc(OC)c2c(c1Cl)O[C@@]1(C(=O)C3=C(C[C@H]1C)NC(=O)C[C@H]3c1cccc(Oc3ncccn3)c1)C2=O. The van der Waals surface area contributed by atoms with E-state index >= 15 is 0 Å². The number of hydrogen-bond donors (Lipinski definition) is 1. The number of halogens is 1. The number of allylic oxidation sites excluding steroid dienone is 1. The monoisotopic (exact) mass is 561 g/mol. The molecule has 2 aliphatic heterocycles. The van der Waals surface area contributed by atoms with Gasteiger partial charge in [-0.1, -0.05) is 30.7 Å². The van der Waals surface area contributed by atoms with Crippen LogP contribution in [0, 0.1) is 5.92 Å². The number of hydrogen-bond acceptors (Lipinski definition) is 9. The van der Waals surface area contributed by atoms with Crippen molar-refractivity contribution in [3.63, 3.8) is 0 Å². The van der Waals surface area contributed by atoms with Crippen LogP contribution in [-0.2, 0) is 9.59 Å². The van der Waals surface area contributed by atoms with Crippen molar-refractivity contribution in [3.05, 3.63) is 76.2 Å². The number of ketones is 2. The van der Waals surface area contributed by atoms with Crippen LogP contribution in [0.1, 0.15) is 41.6 Å². The highest BCUT2D eigenvalue weighted by Gasteiger charge is 2.63. The van der Waals surface area contributed by atoms with E-state index in [1.54, 1.807) is 49.6 Å². The highest BCUT2D eigenvalue weighted by molar-refractivity contribution is 6.36. The molecule has 0 fully saturated rings. The van der Waals surface area contributed by atoms with Crippen LogP contribution in [0.5, 0.6) is 29.0 Å². The van der Waals surface area contributed by atoms with Crippen molar-refractivity contribution in [2.45, 2.75) is 31.3 Å². The summed E-state index contributed by atoms with van der Waals surface area (Å²) in [5.74, 6) is -1.63. The highest BCUT2D eigenvalue weighted by atomic mass is 35.5. The molecule has 1 spiro atoms. The highest BCUT2D eigenvalue weighted by Crippen LogP contribution is 2.55. The molecule has 1 aromatic heterocycles. The zero-order valence-corrected chi connectivity index (χ0v) is 22.6. The third-order valence-corrected chi connectivity index (χ3v) is 7.93. The third-order valence-electron chi connectivity index (χ3n) is 7.57. The summed E-state index contributed by atoms with van der Waals surface area (Å²) < 4.78 is 22.9. The number of carbonyl (C=O) groups excluding carboxylic acids is 3. The number of benzene rings is 2. The molecule has 3 atom stereocenters. The van der Waals surface area contributed by atoms with Crippen LogP contribution in [0.25, 0.3) is 0 Å². The van der Waals surface area contributed by atoms with E-state index in [4.69, 9.17) is 30.5 Å². The van der Waals surface area contributed by atoms with Gasteiger partial charge in [-0.05, 0) is 30.2 Å². The number of Topliss-reactive ketones (excluding diaryl/α,β-unsaturated/α-hetero) is 2. The van der Waals surface area contributed by atoms with Gasteiger partial charge in [0.25, 0.3) is 0 Å². The molecule has 3 aliphatic rings. The lowest BCUT2D eigenvalue weighted by Gasteiger charge is -2.41. The number of nitrogens with one attached hydrogen (secondary N) is 1. The Bertz CT molecular complexity index is 1610. The Morgan fingerprint density at radius 3 is 2.48 bits per heavy atom. The van der Waals surface area contributed by atoms with Crippen molar-refractivity contribution in [1.29, 1.82) is 0 Å². The molecule has 0 radical (unpaired) electrons. The van der Waals surface area contributed by atoms with Crippen LogP contribution in [0.3, 0.4) is 0 Å². The lowest BCUT2D eigenvalue weighted by Crippen LogP contribution is -2.59. The topological polar surface area (TPSA) is 126 Å². The fraction of sp³-hybridized carbons (Fsp3) is 0.276. The molecule has 11 heteroatoms. The van der Waals surface area contributed by atoms with Gasteiger partial charge in [0.2, 0.25) is 23.1 Å². The molecular weight excluding hydrogens is 538 g/mol. The first-order valence-corrected chi connectivity index (χ1v) is 13.0. The van der Waals surface area contributed by atoms with E-state index in [1.807, 2.05) is 0 Å². The molecule has 3 heterocycles. The van der Waals surface area contributed by atoms with Gasteiger partial charge in [-0.3, -0.25) is 14.4 Å². The summed E-state index contributed by atoms with van der Waals surface area (Å²) in [4.78, 5) is 49.5. The predicted octanol–water partition coefficient (Wildman–Crippen LogP) is 4.42. The van der Waals surface area contributed by atoms with Crippen LogP contribution in [0.2, 0.25) is 5.02 Å². The van der Waals surface area contributed by atoms with Crippen molar-refractivity contribution < 1.29 is 33.3 Å². The molecule has 10 nitrogen and oxygen atoms in total. The Balaban J connectivity index is 1.43. The smallest absolute Gasteiger partial charge is 0.321 e. The van der Waals surface area contributed by atoms with Crippen molar-refractivity contribution in [3.8, 4) is 29.0 Å². The quantitative estimate of drug-likeness (QED) is 0.450. The summed E-state index contributed by atoms with van der Waals surface area (Å²) >= 11 is 6.55. The lowest BCUT2D eigenvalue weighted by atomic mass is 9.66. The van der Waals surface area contributed by atoms with E-state index in [2.05, 4.69) is 15.3 Å². The minimum Gasteiger partial charge on any atom is -0.496 e. The van der Waals surface area contributed by atoms with Crippen LogP contribution < -0.4 is 24.3 Å². The lowest BCUT2D eigenvalue weighted by molar-refractivity contribution is -0.131. The largest absolute Gasteiger partial charge is 0.496 e. The second-order valence-electron chi connectivity index (χ2n) is 9.80. The average molecular weight is 562 g/mol. The molecule has 204 valence electrons. The minimum atomic E-state index is -1.88. The third kappa shape index (κ3) is 3.82. The second kappa shape index (κ2) is 9.63. The maximum atomic E-state index is 14.5. The molecular formula is C29H24ClN3O7. The number of aromatic nitrogens is 2. The van der Waals surface area contributed by atoms with E-state index in [-0.39, 0.29) is 52.6 Å². The van der Waals surface area contributed by atoms with Crippen molar-refractivity contribution >= 4 is 29.1 Å². The van der Waals surface area contributed by atoms with E-state index in [1.165, 1.54) is 20.3 Å². The van der Waals surface area contributed by atoms with E-state index in [0.717, 1.165) is 0 Å². The van der Waals surface area contributed by atoms with Crippen LogP contribution in [0.15, 0.2) is 60.1 Å². The van der Waals surface area contributed by atoms with Crippen LogP contribution in [0.4, 0.5) is 0 Å². The van der Waals surface area contributed by atoms with E-state index in [0.29, 0.717) is 22.6 Å². The molecule has 1 amide bonds. The Labute approximate surface area is 234 Å². The van der Waals surface area contributed by atoms with Crippen molar-refractivity contribution in [1.82, 2.24) is 15.3 Å². The van der Waals surface area contributed by atoms with Gasteiger partial charge >= 0.3 is 6.01 Å². The summed E-state index contributed by atoms with van der Waals surface area (Å²) in [5.41, 5.74) is -0.336. The number of carbonyl (C=O) groups is 3. The Hall–Kier alpha value is -4.44. The van der Waals surface area contributed by atoms with Gasteiger partial charge in [0, 0.05) is 48.0 Å². The minimum absolute atomic E-state index is 0.000631. The van der Waals surface area contributed by atoms with Gasteiger partial charge in [-0.15, -0.1) is 0 Å². The molecule has 1 N–H and O–H groups in total. The molecule has 2 aromatic carbocycles. The normalized spacial score (nSPS) is 23.4. The van der Waals surface area contributed by atoms with Crippen molar-refractivity contribution in [2.75, 3.05) is 14.2 Å². The Morgan fingerprint density at radius 2 is 1.75 bits per heavy atom. The summed E-state index contributed by atoms with van der Waals surface area (Å²) in [6, 6.07) is 10.4. The fourth-order valence-electron chi connectivity index (χ4n) is 5.71. The van der Waals surface area contributed by atoms with Crippen molar-refractivity contribution in [2.24, 2.45) is 5.92 Å². The maximum absolute atomic E-state index is 14.5. The molecule has 0 saturated carbocycles. The Morgan fingerprint density at radius 1 is 1.00 bits per heavy atom. The number of amides is 1. The van der Waals surface area contributed by atoms with Gasteiger partial charge < -0.3 is 24.3 Å². The first-order valence-electron chi connectivity index (χ1n) is 12.6. The molecule has 0 saturated heterocycles. The van der Waals surface area contributed by atoms with Crippen LogP contribution >= 0.6 is 11.6 Å². The van der Waals surface area contributed by atoms with E-state index in [9.17, 15) is 14.4 Å². The average Bonchev–Trinajstić information content (AvgIpc) is 3.27. The molecule has 0 unspecified atom stereocenters. The molecule has 3 aromatic rings. The van der Waals surface area contributed by atoms with Gasteiger partial charge in [-0.2, -0.15) is 0 Å². The number of rotatable bonds is 5. The van der Waals surface area contributed by atoms with Gasteiger partial charge in [0.15, 0.2) is 5.75 Å². The predicted molar refractivity (Wildman–Crippen MR) is 142 cm³/mol. The first-order chi connectivity index (χ1) is 19.3. The molecule has 0 bridgehead atoms. The first kappa shape index (κ1) is 25.8. The standard InChI is InChI=1S/C29H24ClN3O7/c1-14-10-18-22(26(35)29(14)27(36)23-19(37-2)13-20(38-3)24(30)25(23)40-29)17(12-21(34)33-18)15-6-4-7-16(11-15)39-28-31-8-5-9-32-28/h4-9,11,13-14,17H,10,12H2,1-3H3,(H,33,34)/t14-,17+,29+/m1/s1. The summed E-state index contributed by atoms with van der Waals surface area (Å²) in [6.45, 7) is 1.74. The maximum Gasteiger partial charge on any atom is 0.321 e. The summed E-state index contributed by atoms with van der Waals surface area (Å²) in [7, 11) is 2.85. The number of methoxy groups -OCH3 is 2. The molecule has 6 rings (SSSR count). The number of nitrogens with zero attached hydrogens (tertiary/aromatic N) is 2. The summed E-state index contributed by atoms with van der Waals surface area (Å²) in [6.07, 6.45) is 3.35. The molecule has 1 aliphatic carbocycles. The van der Waals surface area contributed by atoms with Gasteiger partial charge in [0.1, 0.15) is 27.8 Å². The van der Waals surface area contributed by atoms with Gasteiger partial charge in [0.05, 0.1) is 14.2 Å². The number of fused-ring (bicyclic) bond motifs is 1. The molecule has 40 heavy (non-hydrogen) atoms. The summed E-state index contributed by atoms with van der Waals surface area (Å²) in [5, 5.41) is 2.93. The van der Waals surface area contributed by atoms with Gasteiger partial charge in [-0.25, -0.2) is 9.97 Å². The van der Waals surface area contributed by atoms with Crippen LogP contribution in [-0.4, -0.2) is 47.3 Å².